The quantitative estimate of drug-likeness (QED) is 0.852. The molecule has 1 heterocycles. The highest BCUT2D eigenvalue weighted by Gasteiger charge is 2.11. The third kappa shape index (κ3) is 6.00. The molecule has 1 amide bonds. The van der Waals surface area contributed by atoms with Gasteiger partial charge in [0.1, 0.15) is 16.4 Å². The number of carbonyl (C=O) groups is 1. The summed E-state index contributed by atoms with van der Waals surface area (Å²) in [7, 11) is 0. The zero-order chi connectivity index (χ0) is 16.9. The van der Waals surface area contributed by atoms with Crippen molar-refractivity contribution in [1.82, 2.24) is 10.3 Å². The molecule has 0 bridgehead atoms. The van der Waals surface area contributed by atoms with Crippen molar-refractivity contribution in [3.05, 3.63) is 45.9 Å². The molecule has 1 aromatic carbocycles. The highest BCUT2D eigenvalue weighted by molar-refractivity contribution is 7.09. The van der Waals surface area contributed by atoms with E-state index in [1.165, 1.54) is 11.3 Å². The predicted octanol–water partition coefficient (Wildman–Crippen LogP) is 2.64. The van der Waals surface area contributed by atoms with Crippen molar-refractivity contribution >= 4 is 17.2 Å². The fraction of sp³-hybridized carbons (Fsp3) is 0.412. The second-order valence-electron chi connectivity index (χ2n) is 6.25. The summed E-state index contributed by atoms with van der Waals surface area (Å²) in [5.74, 6) is 0.776. The average Bonchev–Trinajstić information content (AvgIpc) is 2.92. The third-order valence-electron chi connectivity index (χ3n) is 2.95. The van der Waals surface area contributed by atoms with Crippen molar-refractivity contribution in [2.75, 3.05) is 0 Å². The van der Waals surface area contributed by atoms with Gasteiger partial charge in [0.25, 0.3) is 0 Å². The molecular formula is C17H23N3O2S. The minimum Gasteiger partial charge on any atom is -0.488 e. The monoisotopic (exact) mass is 333 g/mol. The molecule has 2 rings (SSSR count). The van der Waals surface area contributed by atoms with Crippen LogP contribution in [0.5, 0.6) is 5.75 Å². The number of thiazole rings is 1. The number of carbonyl (C=O) groups excluding carboxylic acids is 1. The third-order valence-corrected chi connectivity index (χ3v) is 3.87. The Bertz CT molecular complexity index is 645. The summed E-state index contributed by atoms with van der Waals surface area (Å²) in [4.78, 5) is 16.2. The van der Waals surface area contributed by atoms with E-state index in [0.717, 1.165) is 22.0 Å². The van der Waals surface area contributed by atoms with Crippen LogP contribution in [0, 0.1) is 0 Å². The number of hydrogen-bond acceptors (Lipinski definition) is 5. The van der Waals surface area contributed by atoms with E-state index in [1.807, 2.05) is 50.4 Å². The molecular weight excluding hydrogens is 310 g/mol. The lowest BCUT2D eigenvalue weighted by molar-refractivity contribution is -0.120. The van der Waals surface area contributed by atoms with Gasteiger partial charge in [-0.05, 0) is 38.5 Å². The maximum atomic E-state index is 11.9. The van der Waals surface area contributed by atoms with Crippen molar-refractivity contribution in [3.8, 4) is 5.75 Å². The molecule has 0 atom stereocenters. The van der Waals surface area contributed by atoms with Crippen LogP contribution in [-0.4, -0.2) is 16.5 Å². The van der Waals surface area contributed by atoms with Crippen molar-refractivity contribution in [3.63, 3.8) is 0 Å². The lowest BCUT2D eigenvalue weighted by Gasteiger charge is -2.21. The molecule has 0 radical (unpaired) electrons. The van der Waals surface area contributed by atoms with Gasteiger partial charge in [0, 0.05) is 18.5 Å². The summed E-state index contributed by atoms with van der Waals surface area (Å²) < 4.78 is 5.77. The molecule has 0 aliphatic heterocycles. The molecule has 0 aliphatic carbocycles. The molecule has 0 fully saturated rings. The smallest absolute Gasteiger partial charge is 0.226 e. The Hall–Kier alpha value is -1.92. The van der Waals surface area contributed by atoms with E-state index in [2.05, 4.69) is 10.3 Å². The topological polar surface area (TPSA) is 77.2 Å². The number of hydrogen-bond donors (Lipinski definition) is 2. The molecule has 5 nitrogen and oxygen atoms in total. The van der Waals surface area contributed by atoms with Gasteiger partial charge in [-0.15, -0.1) is 11.3 Å². The molecule has 3 N–H and O–H groups in total. The summed E-state index contributed by atoms with van der Waals surface area (Å²) in [6, 6.07) is 7.74. The largest absolute Gasteiger partial charge is 0.488 e. The molecule has 6 heteroatoms. The van der Waals surface area contributed by atoms with Gasteiger partial charge in [0.05, 0.1) is 12.1 Å². The van der Waals surface area contributed by atoms with Gasteiger partial charge < -0.3 is 15.8 Å². The number of nitrogens with zero attached hydrogens (tertiary/aromatic N) is 1. The van der Waals surface area contributed by atoms with Crippen molar-refractivity contribution in [1.29, 1.82) is 0 Å². The van der Waals surface area contributed by atoms with Gasteiger partial charge >= 0.3 is 0 Å². The SMILES string of the molecule is CC(C)(C)Oc1ccc(CNC(=O)Cc2csc(CN)n2)cc1. The molecule has 2 aromatic rings. The number of aromatic nitrogens is 1. The standard InChI is InChI=1S/C17H23N3O2S/c1-17(2,3)22-14-6-4-12(5-7-14)10-19-15(21)8-13-11-23-16(9-18)20-13/h4-7,11H,8-10,18H2,1-3H3,(H,19,21). The van der Waals surface area contributed by atoms with Crippen LogP contribution in [0.25, 0.3) is 0 Å². The van der Waals surface area contributed by atoms with Gasteiger partial charge in [-0.25, -0.2) is 4.98 Å². The van der Waals surface area contributed by atoms with Crippen LogP contribution in [0.4, 0.5) is 0 Å². The molecule has 0 unspecified atom stereocenters. The maximum absolute atomic E-state index is 11.9. The first-order valence-corrected chi connectivity index (χ1v) is 8.42. The normalized spacial score (nSPS) is 11.3. The Morgan fingerprint density at radius 3 is 2.57 bits per heavy atom. The van der Waals surface area contributed by atoms with E-state index in [1.54, 1.807) is 0 Å². The van der Waals surface area contributed by atoms with Crippen LogP contribution in [0.2, 0.25) is 0 Å². The van der Waals surface area contributed by atoms with Gasteiger partial charge in [-0.1, -0.05) is 12.1 Å². The van der Waals surface area contributed by atoms with E-state index in [9.17, 15) is 4.79 Å². The van der Waals surface area contributed by atoms with Crippen molar-refractivity contribution < 1.29 is 9.53 Å². The van der Waals surface area contributed by atoms with Gasteiger partial charge in [-0.3, -0.25) is 4.79 Å². The minimum atomic E-state index is -0.217. The second-order valence-corrected chi connectivity index (χ2v) is 7.19. The van der Waals surface area contributed by atoms with Gasteiger partial charge in [0.15, 0.2) is 0 Å². The molecule has 0 aliphatic rings. The number of benzene rings is 1. The Morgan fingerprint density at radius 1 is 1.30 bits per heavy atom. The van der Waals surface area contributed by atoms with Gasteiger partial charge in [0.2, 0.25) is 5.91 Å². The zero-order valence-corrected chi connectivity index (χ0v) is 14.6. The fourth-order valence-corrected chi connectivity index (χ4v) is 2.65. The Balaban J connectivity index is 1.82. The van der Waals surface area contributed by atoms with E-state index in [0.29, 0.717) is 13.1 Å². The molecule has 23 heavy (non-hydrogen) atoms. The van der Waals surface area contributed by atoms with Crippen LogP contribution in [0.1, 0.15) is 37.0 Å². The van der Waals surface area contributed by atoms with Crippen LogP contribution in [0.15, 0.2) is 29.6 Å². The van der Waals surface area contributed by atoms with E-state index in [-0.39, 0.29) is 17.9 Å². The summed E-state index contributed by atoms with van der Waals surface area (Å²) in [6.07, 6.45) is 0.279. The lowest BCUT2D eigenvalue weighted by atomic mass is 10.1. The number of nitrogens with one attached hydrogen (secondary N) is 1. The van der Waals surface area contributed by atoms with E-state index >= 15 is 0 Å². The Kier molecular flexibility index (Phi) is 5.74. The fourth-order valence-electron chi connectivity index (χ4n) is 1.98. The maximum Gasteiger partial charge on any atom is 0.226 e. The summed E-state index contributed by atoms with van der Waals surface area (Å²) in [5.41, 5.74) is 7.09. The first kappa shape index (κ1) is 17.4. The highest BCUT2D eigenvalue weighted by Crippen LogP contribution is 2.18. The summed E-state index contributed by atoms with van der Waals surface area (Å²) in [5, 5.41) is 5.62. The lowest BCUT2D eigenvalue weighted by Crippen LogP contribution is -2.25. The first-order chi connectivity index (χ1) is 10.9. The van der Waals surface area contributed by atoms with Crippen molar-refractivity contribution in [2.24, 2.45) is 5.73 Å². The summed E-state index contributed by atoms with van der Waals surface area (Å²) in [6.45, 7) is 6.93. The zero-order valence-electron chi connectivity index (χ0n) is 13.8. The number of rotatable bonds is 6. The van der Waals surface area contributed by atoms with E-state index < -0.39 is 0 Å². The highest BCUT2D eigenvalue weighted by atomic mass is 32.1. The van der Waals surface area contributed by atoms with E-state index in [4.69, 9.17) is 10.5 Å². The summed E-state index contributed by atoms with van der Waals surface area (Å²) >= 11 is 1.48. The second kappa shape index (κ2) is 7.57. The molecule has 0 saturated carbocycles. The Labute approximate surface area is 140 Å². The number of ether oxygens (including phenoxy) is 1. The van der Waals surface area contributed by atoms with Gasteiger partial charge in [-0.2, -0.15) is 0 Å². The predicted molar refractivity (Wildman–Crippen MR) is 92.4 cm³/mol. The number of nitrogens with two attached hydrogens (primary N) is 1. The molecule has 0 spiro atoms. The van der Waals surface area contributed by atoms with Crippen LogP contribution >= 0.6 is 11.3 Å². The Morgan fingerprint density at radius 2 is 2.00 bits per heavy atom. The molecule has 0 saturated heterocycles. The van der Waals surface area contributed by atoms with Crippen LogP contribution in [-0.2, 0) is 24.3 Å². The number of amides is 1. The van der Waals surface area contributed by atoms with Crippen LogP contribution in [0.3, 0.4) is 0 Å². The first-order valence-electron chi connectivity index (χ1n) is 7.54. The average molecular weight is 333 g/mol. The van der Waals surface area contributed by atoms with Crippen LogP contribution < -0.4 is 15.8 Å². The van der Waals surface area contributed by atoms with Crippen molar-refractivity contribution in [2.45, 2.75) is 45.9 Å². The molecule has 124 valence electrons. The minimum absolute atomic E-state index is 0.0473. The molecule has 1 aromatic heterocycles.